The molecule has 0 radical (unpaired) electrons. The minimum atomic E-state index is -0.443. The van der Waals surface area contributed by atoms with E-state index in [0.717, 1.165) is 5.56 Å². The van der Waals surface area contributed by atoms with E-state index < -0.39 is 5.60 Å². The van der Waals surface area contributed by atoms with Crippen molar-refractivity contribution in [1.82, 2.24) is 10.3 Å². The number of pyridine rings is 1. The first-order valence-electron chi connectivity index (χ1n) is 5.73. The zero-order valence-electron chi connectivity index (χ0n) is 10.9. The summed E-state index contributed by atoms with van der Waals surface area (Å²) in [5, 5.41) is 3.11. The second-order valence-corrected chi connectivity index (χ2v) is 5.00. The van der Waals surface area contributed by atoms with Gasteiger partial charge in [0, 0.05) is 18.9 Å². The van der Waals surface area contributed by atoms with E-state index in [4.69, 9.17) is 4.74 Å². The average Bonchev–Trinajstić information content (AvgIpc) is 2.25. The minimum Gasteiger partial charge on any atom is -0.459 e. The Morgan fingerprint density at radius 2 is 2.24 bits per heavy atom. The van der Waals surface area contributed by atoms with Crippen molar-refractivity contribution in [2.45, 2.75) is 45.9 Å². The number of aromatic nitrogens is 1. The van der Waals surface area contributed by atoms with Crippen molar-refractivity contribution in [3.8, 4) is 0 Å². The Kier molecular flexibility index (Phi) is 4.63. The molecule has 1 atom stereocenters. The highest BCUT2D eigenvalue weighted by Crippen LogP contribution is 2.08. The molecule has 17 heavy (non-hydrogen) atoms. The van der Waals surface area contributed by atoms with E-state index in [1.54, 1.807) is 19.3 Å². The maximum absolute atomic E-state index is 11.7. The second kappa shape index (κ2) is 5.77. The van der Waals surface area contributed by atoms with Gasteiger partial charge in [-0.25, -0.2) is 0 Å². The van der Waals surface area contributed by atoms with Crippen LogP contribution in [0.15, 0.2) is 24.5 Å². The van der Waals surface area contributed by atoms with Crippen LogP contribution in [-0.2, 0) is 16.1 Å². The Morgan fingerprint density at radius 1 is 1.53 bits per heavy atom. The smallest absolute Gasteiger partial charge is 0.323 e. The summed E-state index contributed by atoms with van der Waals surface area (Å²) >= 11 is 0. The molecule has 0 saturated carbocycles. The molecule has 0 aliphatic carbocycles. The topological polar surface area (TPSA) is 51.2 Å². The van der Waals surface area contributed by atoms with Crippen LogP contribution in [0.25, 0.3) is 0 Å². The van der Waals surface area contributed by atoms with Crippen molar-refractivity contribution in [3.05, 3.63) is 30.1 Å². The largest absolute Gasteiger partial charge is 0.459 e. The summed E-state index contributed by atoms with van der Waals surface area (Å²) in [5.41, 5.74) is 0.601. The predicted octanol–water partition coefficient (Wildman–Crippen LogP) is 1.90. The van der Waals surface area contributed by atoms with Crippen LogP contribution in [0.3, 0.4) is 0 Å². The molecule has 0 bridgehead atoms. The molecule has 4 nitrogen and oxygen atoms in total. The molecule has 0 amide bonds. The van der Waals surface area contributed by atoms with Crippen molar-refractivity contribution < 1.29 is 9.53 Å². The Balaban J connectivity index is 2.40. The van der Waals surface area contributed by atoms with E-state index in [9.17, 15) is 4.79 Å². The lowest BCUT2D eigenvalue weighted by molar-refractivity contribution is -0.157. The summed E-state index contributed by atoms with van der Waals surface area (Å²) in [7, 11) is 0. The minimum absolute atomic E-state index is 0.235. The Bertz CT molecular complexity index is 357. The lowest BCUT2D eigenvalue weighted by atomic mass is 10.2. The van der Waals surface area contributed by atoms with Gasteiger partial charge in [0.2, 0.25) is 0 Å². The molecule has 1 aromatic rings. The van der Waals surface area contributed by atoms with Gasteiger partial charge in [0.15, 0.2) is 0 Å². The molecule has 1 rings (SSSR count). The Morgan fingerprint density at radius 3 is 2.76 bits per heavy atom. The first-order chi connectivity index (χ1) is 7.88. The molecule has 0 aliphatic rings. The van der Waals surface area contributed by atoms with Crippen LogP contribution in [0.1, 0.15) is 33.3 Å². The van der Waals surface area contributed by atoms with Crippen LogP contribution in [0.4, 0.5) is 0 Å². The lowest BCUT2D eigenvalue weighted by Gasteiger charge is -2.22. The van der Waals surface area contributed by atoms with Crippen LogP contribution >= 0.6 is 0 Å². The van der Waals surface area contributed by atoms with Crippen LogP contribution < -0.4 is 5.32 Å². The highest BCUT2D eigenvalue weighted by atomic mass is 16.6. The van der Waals surface area contributed by atoms with Gasteiger partial charge in [-0.2, -0.15) is 0 Å². The van der Waals surface area contributed by atoms with Crippen molar-refractivity contribution in [2.75, 3.05) is 0 Å². The molecule has 0 aromatic carbocycles. The summed E-state index contributed by atoms with van der Waals surface area (Å²) in [4.78, 5) is 15.7. The van der Waals surface area contributed by atoms with Crippen molar-refractivity contribution in [3.63, 3.8) is 0 Å². The standard InChI is InChI=1S/C13H20N2O2/c1-10(12(16)17-13(2,3)4)15-9-11-6-5-7-14-8-11/h5-8,10,15H,9H2,1-4H3. The second-order valence-electron chi connectivity index (χ2n) is 5.00. The van der Waals surface area contributed by atoms with E-state index in [1.165, 1.54) is 0 Å². The van der Waals surface area contributed by atoms with Gasteiger partial charge in [0.25, 0.3) is 0 Å². The summed E-state index contributed by atoms with van der Waals surface area (Å²) < 4.78 is 5.27. The number of carbonyl (C=O) groups excluding carboxylic acids is 1. The highest BCUT2D eigenvalue weighted by molar-refractivity contribution is 5.75. The number of carbonyl (C=O) groups is 1. The quantitative estimate of drug-likeness (QED) is 0.811. The SMILES string of the molecule is CC(NCc1cccnc1)C(=O)OC(C)(C)C. The van der Waals surface area contributed by atoms with Crippen molar-refractivity contribution >= 4 is 5.97 Å². The van der Waals surface area contributed by atoms with Gasteiger partial charge in [-0.3, -0.25) is 9.78 Å². The number of hydrogen-bond acceptors (Lipinski definition) is 4. The number of hydrogen-bond donors (Lipinski definition) is 1. The number of nitrogens with one attached hydrogen (secondary N) is 1. The first-order valence-corrected chi connectivity index (χ1v) is 5.73. The van der Waals surface area contributed by atoms with E-state index in [0.29, 0.717) is 6.54 Å². The van der Waals surface area contributed by atoms with Gasteiger partial charge in [0.1, 0.15) is 11.6 Å². The van der Waals surface area contributed by atoms with Crippen molar-refractivity contribution in [2.24, 2.45) is 0 Å². The number of rotatable bonds is 4. The molecule has 0 fully saturated rings. The molecule has 0 saturated heterocycles. The normalized spacial score (nSPS) is 13.2. The van der Waals surface area contributed by atoms with Crippen LogP contribution in [-0.4, -0.2) is 22.6 Å². The monoisotopic (exact) mass is 236 g/mol. The van der Waals surface area contributed by atoms with Gasteiger partial charge in [-0.15, -0.1) is 0 Å². The van der Waals surface area contributed by atoms with E-state index in [2.05, 4.69) is 10.3 Å². The van der Waals surface area contributed by atoms with Gasteiger partial charge < -0.3 is 10.1 Å². The van der Waals surface area contributed by atoms with Crippen LogP contribution in [0.5, 0.6) is 0 Å². The van der Waals surface area contributed by atoms with E-state index in [-0.39, 0.29) is 12.0 Å². The summed E-state index contributed by atoms with van der Waals surface area (Å²) in [6.45, 7) is 7.98. The third-order valence-corrected chi connectivity index (χ3v) is 2.10. The van der Waals surface area contributed by atoms with E-state index >= 15 is 0 Å². The zero-order chi connectivity index (χ0) is 12.9. The molecule has 1 unspecified atom stereocenters. The number of nitrogens with zero attached hydrogens (tertiary/aromatic N) is 1. The Labute approximate surface area is 102 Å². The van der Waals surface area contributed by atoms with Crippen LogP contribution in [0, 0.1) is 0 Å². The van der Waals surface area contributed by atoms with Crippen LogP contribution in [0.2, 0.25) is 0 Å². The fraction of sp³-hybridized carbons (Fsp3) is 0.538. The molecule has 0 aliphatic heterocycles. The third kappa shape index (κ3) is 5.45. The maximum Gasteiger partial charge on any atom is 0.323 e. The van der Waals surface area contributed by atoms with Gasteiger partial charge in [-0.1, -0.05) is 6.07 Å². The lowest BCUT2D eigenvalue weighted by Crippen LogP contribution is -2.38. The molecule has 1 heterocycles. The molecular formula is C13H20N2O2. The summed E-state index contributed by atoms with van der Waals surface area (Å²) in [6, 6.07) is 3.51. The average molecular weight is 236 g/mol. The zero-order valence-corrected chi connectivity index (χ0v) is 10.9. The molecule has 94 valence electrons. The third-order valence-electron chi connectivity index (χ3n) is 2.10. The molecule has 1 aromatic heterocycles. The number of ether oxygens (including phenoxy) is 1. The fourth-order valence-corrected chi connectivity index (χ4v) is 1.25. The molecule has 1 N–H and O–H groups in total. The van der Waals surface area contributed by atoms with Crippen molar-refractivity contribution in [1.29, 1.82) is 0 Å². The predicted molar refractivity (Wildman–Crippen MR) is 66.4 cm³/mol. The maximum atomic E-state index is 11.7. The molecule has 0 spiro atoms. The van der Waals surface area contributed by atoms with Gasteiger partial charge >= 0.3 is 5.97 Å². The fourth-order valence-electron chi connectivity index (χ4n) is 1.25. The first kappa shape index (κ1) is 13.6. The Hall–Kier alpha value is -1.42. The summed E-state index contributed by atoms with van der Waals surface area (Å²) in [6.07, 6.45) is 3.50. The molecule has 4 heteroatoms. The molecular weight excluding hydrogens is 216 g/mol. The summed E-state index contributed by atoms with van der Waals surface area (Å²) in [5.74, 6) is -0.235. The van der Waals surface area contributed by atoms with Gasteiger partial charge in [0.05, 0.1) is 0 Å². The highest BCUT2D eigenvalue weighted by Gasteiger charge is 2.21. The van der Waals surface area contributed by atoms with E-state index in [1.807, 2.05) is 32.9 Å². The number of esters is 1. The van der Waals surface area contributed by atoms with Gasteiger partial charge in [-0.05, 0) is 39.3 Å².